The molecular formula is C13H18ClN3S. The molecule has 0 spiro atoms. The highest BCUT2D eigenvalue weighted by Crippen LogP contribution is 2.36. The van der Waals surface area contributed by atoms with Gasteiger partial charge in [0.1, 0.15) is 5.82 Å². The van der Waals surface area contributed by atoms with Crippen LogP contribution in [0.1, 0.15) is 44.2 Å². The molecule has 1 aliphatic carbocycles. The fraction of sp³-hybridized carbons (Fsp3) is 0.692. The Labute approximate surface area is 117 Å². The van der Waals surface area contributed by atoms with Gasteiger partial charge in [0.15, 0.2) is 0 Å². The topological polar surface area (TPSA) is 37.8 Å². The summed E-state index contributed by atoms with van der Waals surface area (Å²) < 4.78 is 0. The lowest BCUT2D eigenvalue weighted by atomic mass is 9.95. The Morgan fingerprint density at radius 1 is 1.11 bits per heavy atom. The van der Waals surface area contributed by atoms with E-state index in [4.69, 9.17) is 11.6 Å². The van der Waals surface area contributed by atoms with Crippen LogP contribution in [0, 0.1) is 0 Å². The predicted molar refractivity (Wildman–Crippen MR) is 76.6 cm³/mol. The van der Waals surface area contributed by atoms with Crippen LogP contribution in [0.2, 0.25) is 5.28 Å². The van der Waals surface area contributed by atoms with Gasteiger partial charge in [0.2, 0.25) is 5.28 Å². The average Bonchev–Trinajstić information content (AvgIpc) is 2.40. The molecule has 0 bridgehead atoms. The minimum Gasteiger partial charge on any atom is -0.366 e. The van der Waals surface area contributed by atoms with Gasteiger partial charge in [-0.2, -0.15) is 4.98 Å². The van der Waals surface area contributed by atoms with Crippen LogP contribution in [0.25, 0.3) is 0 Å². The molecule has 3 nitrogen and oxygen atoms in total. The van der Waals surface area contributed by atoms with Crippen molar-refractivity contribution in [3.63, 3.8) is 0 Å². The molecule has 3 rings (SSSR count). The van der Waals surface area contributed by atoms with Crippen LogP contribution < -0.4 is 5.32 Å². The minimum atomic E-state index is 0.384. The number of hydrogen-bond donors (Lipinski definition) is 1. The largest absolute Gasteiger partial charge is 0.366 e. The molecule has 2 aliphatic rings. The van der Waals surface area contributed by atoms with Gasteiger partial charge in [-0.25, -0.2) is 4.98 Å². The zero-order valence-corrected chi connectivity index (χ0v) is 12.0. The standard InChI is InChI=1S/C13H18ClN3S/c14-13-16-10-7-4-8-18-11(10)12(17-13)15-9-5-2-1-3-6-9/h9H,1-8H2,(H,15,16,17). The molecule has 1 aliphatic heterocycles. The zero-order valence-electron chi connectivity index (χ0n) is 10.4. The number of halogens is 1. The van der Waals surface area contributed by atoms with Gasteiger partial charge in [-0.3, -0.25) is 0 Å². The molecule has 0 radical (unpaired) electrons. The van der Waals surface area contributed by atoms with Crippen LogP contribution in [0.3, 0.4) is 0 Å². The monoisotopic (exact) mass is 283 g/mol. The molecule has 0 unspecified atom stereocenters. The van der Waals surface area contributed by atoms with Gasteiger partial charge in [0.25, 0.3) is 0 Å². The number of aromatic nitrogens is 2. The van der Waals surface area contributed by atoms with Gasteiger partial charge in [-0.1, -0.05) is 19.3 Å². The van der Waals surface area contributed by atoms with Crippen molar-refractivity contribution in [2.45, 2.75) is 55.9 Å². The first-order valence-corrected chi connectivity index (χ1v) is 8.15. The maximum atomic E-state index is 6.03. The molecule has 1 N–H and O–H groups in total. The van der Waals surface area contributed by atoms with Crippen LogP contribution >= 0.6 is 23.4 Å². The first kappa shape index (κ1) is 12.5. The molecule has 1 fully saturated rings. The quantitative estimate of drug-likeness (QED) is 0.835. The maximum absolute atomic E-state index is 6.03. The average molecular weight is 284 g/mol. The number of aryl methyl sites for hydroxylation is 1. The van der Waals surface area contributed by atoms with E-state index in [2.05, 4.69) is 15.3 Å². The Balaban J connectivity index is 1.83. The highest BCUT2D eigenvalue weighted by molar-refractivity contribution is 7.99. The summed E-state index contributed by atoms with van der Waals surface area (Å²) in [5, 5.41) is 3.98. The second kappa shape index (κ2) is 5.66. The van der Waals surface area contributed by atoms with Crippen molar-refractivity contribution in [1.82, 2.24) is 9.97 Å². The fourth-order valence-electron chi connectivity index (χ4n) is 2.74. The van der Waals surface area contributed by atoms with Crippen molar-refractivity contribution in [1.29, 1.82) is 0 Å². The third-order valence-electron chi connectivity index (χ3n) is 3.66. The van der Waals surface area contributed by atoms with E-state index in [0.29, 0.717) is 11.3 Å². The van der Waals surface area contributed by atoms with Crippen molar-refractivity contribution >= 4 is 29.2 Å². The van der Waals surface area contributed by atoms with Gasteiger partial charge in [0.05, 0.1) is 10.6 Å². The van der Waals surface area contributed by atoms with Crippen molar-refractivity contribution in [2.75, 3.05) is 11.1 Å². The Hall–Kier alpha value is -0.480. The smallest absolute Gasteiger partial charge is 0.224 e. The second-order valence-corrected chi connectivity index (χ2v) is 6.49. The SMILES string of the molecule is Clc1nc2c(c(NC3CCCCC3)n1)SCCC2. The molecule has 1 aromatic heterocycles. The van der Waals surface area contributed by atoms with E-state index >= 15 is 0 Å². The lowest BCUT2D eigenvalue weighted by molar-refractivity contribution is 0.461. The van der Waals surface area contributed by atoms with Gasteiger partial charge < -0.3 is 5.32 Å². The summed E-state index contributed by atoms with van der Waals surface area (Å²) in [5.41, 5.74) is 1.13. The van der Waals surface area contributed by atoms with E-state index in [-0.39, 0.29) is 0 Å². The highest BCUT2D eigenvalue weighted by atomic mass is 35.5. The van der Waals surface area contributed by atoms with Crippen molar-refractivity contribution in [3.05, 3.63) is 11.0 Å². The number of hydrogen-bond acceptors (Lipinski definition) is 4. The third kappa shape index (κ3) is 2.75. The molecule has 2 heterocycles. The normalized spacial score (nSPS) is 20.5. The molecule has 5 heteroatoms. The van der Waals surface area contributed by atoms with E-state index in [9.17, 15) is 0 Å². The van der Waals surface area contributed by atoms with Gasteiger partial charge in [-0.15, -0.1) is 11.8 Å². The number of fused-ring (bicyclic) bond motifs is 1. The molecular weight excluding hydrogens is 266 g/mol. The maximum Gasteiger partial charge on any atom is 0.224 e. The van der Waals surface area contributed by atoms with Crippen molar-refractivity contribution in [3.8, 4) is 0 Å². The third-order valence-corrected chi connectivity index (χ3v) is 5.04. The van der Waals surface area contributed by atoms with Crippen LogP contribution in [0.4, 0.5) is 5.82 Å². The molecule has 0 atom stereocenters. The van der Waals surface area contributed by atoms with E-state index in [1.807, 2.05) is 11.8 Å². The first-order chi connectivity index (χ1) is 8.83. The lowest BCUT2D eigenvalue weighted by Gasteiger charge is -2.26. The van der Waals surface area contributed by atoms with E-state index in [0.717, 1.165) is 23.7 Å². The highest BCUT2D eigenvalue weighted by Gasteiger charge is 2.21. The first-order valence-electron chi connectivity index (χ1n) is 6.78. The minimum absolute atomic E-state index is 0.384. The number of nitrogens with one attached hydrogen (secondary N) is 1. The summed E-state index contributed by atoms with van der Waals surface area (Å²) in [5.74, 6) is 2.14. The van der Waals surface area contributed by atoms with Crippen molar-refractivity contribution in [2.24, 2.45) is 0 Å². The lowest BCUT2D eigenvalue weighted by Crippen LogP contribution is -2.24. The summed E-state index contributed by atoms with van der Waals surface area (Å²) in [7, 11) is 0. The van der Waals surface area contributed by atoms with E-state index in [1.54, 1.807) is 0 Å². The van der Waals surface area contributed by atoms with E-state index in [1.165, 1.54) is 43.4 Å². The Morgan fingerprint density at radius 3 is 2.78 bits per heavy atom. The molecule has 98 valence electrons. The summed E-state index contributed by atoms with van der Waals surface area (Å²) in [6.07, 6.45) is 8.74. The Morgan fingerprint density at radius 2 is 1.94 bits per heavy atom. The van der Waals surface area contributed by atoms with Crippen LogP contribution in [0.5, 0.6) is 0 Å². The van der Waals surface area contributed by atoms with Gasteiger partial charge in [0, 0.05) is 6.04 Å². The molecule has 0 saturated heterocycles. The fourth-order valence-corrected chi connectivity index (χ4v) is 3.97. The summed E-state index contributed by atoms with van der Waals surface area (Å²) >= 11 is 7.89. The number of anilines is 1. The number of rotatable bonds is 2. The summed E-state index contributed by atoms with van der Waals surface area (Å²) in [4.78, 5) is 10.00. The zero-order chi connectivity index (χ0) is 12.4. The van der Waals surface area contributed by atoms with E-state index < -0.39 is 0 Å². The molecule has 1 saturated carbocycles. The molecule has 0 aromatic carbocycles. The number of nitrogens with zero attached hydrogens (tertiary/aromatic N) is 2. The molecule has 0 amide bonds. The Kier molecular flexibility index (Phi) is 3.94. The summed E-state index contributed by atoms with van der Waals surface area (Å²) in [6, 6.07) is 0.566. The summed E-state index contributed by atoms with van der Waals surface area (Å²) in [6.45, 7) is 0. The van der Waals surface area contributed by atoms with Gasteiger partial charge >= 0.3 is 0 Å². The van der Waals surface area contributed by atoms with Gasteiger partial charge in [-0.05, 0) is 43.0 Å². The Bertz CT molecular complexity index is 432. The molecule has 1 aromatic rings. The predicted octanol–water partition coefficient (Wildman–Crippen LogP) is 3.91. The van der Waals surface area contributed by atoms with Crippen LogP contribution in [0.15, 0.2) is 4.90 Å². The van der Waals surface area contributed by atoms with Crippen molar-refractivity contribution < 1.29 is 0 Å². The second-order valence-electron chi connectivity index (χ2n) is 5.05. The van der Waals surface area contributed by atoms with Crippen LogP contribution in [-0.2, 0) is 6.42 Å². The van der Waals surface area contributed by atoms with Crippen LogP contribution in [-0.4, -0.2) is 21.8 Å². The number of thioether (sulfide) groups is 1. The molecule has 18 heavy (non-hydrogen) atoms.